The molecule has 4 heteroatoms. The molecule has 0 atom stereocenters. The molecule has 1 aliphatic heterocycles. The first-order valence-corrected chi connectivity index (χ1v) is 5.29. The number of hydrogen-bond acceptors (Lipinski definition) is 1. The van der Waals surface area contributed by atoms with Crippen LogP contribution in [0.2, 0.25) is 0 Å². The molecule has 74 valence electrons. The summed E-state index contributed by atoms with van der Waals surface area (Å²) in [5.41, 5.74) is 2.12. The summed E-state index contributed by atoms with van der Waals surface area (Å²) >= 11 is 3.45. The maximum Gasteiger partial charge on any atom is 0.321 e. The van der Waals surface area contributed by atoms with Gasteiger partial charge in [-0.05, 0) is 24.6 Å². The average molecular weight is 255 g/mol. The van der Waals surface area contributed by atoms with Crippen LogP contribution in [0.5, 0.6) is 0 Å². The van der Waals surface area contributed by atoms with Gasteiger partial charge < -0.3 is 5.32 Å². The Labute approximate surface area is 91.2 Å². The van der Waals surface area contributed by atoms with Crippen molar-refractivity contribution in [3.05, 3.63) is 28.2 Å². The minimum atomic E-state index is -0.0132. The van der Waals surface area contributed by atoms with Crippen molar-refractivity contribution in [1.82, 2.24) is 5.32 Å². The van der Waals surface area contributed by atoms with Crippen LogP contribution < -0.4 is 10.2 Å². The molecule has 1 aliphatic rings. The first kappa shape index (κ1) is 9.52. The van der Waals surface area contributed by atoms with E-state index in [2.05, 4.69) is 21.2 Å². The Kier molecular flexibility index (Phi) is 2.46. The minimum absolute atomic E-state index is 0.0132. The van der Waals surface area contributed by atoms with Gasteiger partial charge in [0.25, 0.3) is 0 Å². The Morgan fingerprint density at radius 1 is 1.50 bits per heavy atom. The molecule has 2 rings (SSSR count). The predicted molar refractivity (Wildman–Crippen MR) is 59.6 cm³/mol. The number of aryl methyl sites for hydroxylation is 1. The summed E-state index contributed by atoms with van der Waals surface area (Å²) in [6.07, 6.45) is 0. The van der Waals surface area contributed by atoms with Crippen LogP contribution in [0.25, 0.3) is 0 Å². The lowest BCUT2D eigenvalue weighted by Gasteiger charge is -2.14. The average Bonchev–Trinajstić information content (AvgIpc) is 2.57. The Morgan fingerprint density at radius 2 is 2.29 bits per heavy atom. The number of rotatable bonds is 1. The lowest BCUT2D eigenvalue weighted by molar-refractivity contribution is 0.252. The number of carbonyl (C=O) groups is 1. The van der Waals surface area contributed by atoms with E-state index in [1.54, 1.807) is 4.90 Å². The Bertz CT molecular complexity index is 378. The summed E-state index contributed by atoms with van der Waals surface area (Å²) in [6, 6.07) is 5.93. The van der Waals surface area contributed by atoms with Crippen molar-refractivity contribution in [2.75, 3.05) is 18.0 Å². The van der Waals surface area contributed by atoms with E-state index >= 15 is 0 Å². The molecule has 1 aromatic rings. The lowest BCUT2D eigenvalue weighted by atomic mass is 10.2. The standard InChI is InChI=1S/C10H11BrN2O/c1-7-2-3-8(6-9(7)11)13-5-4-12-10(13)14/h2-3,6H,4-5H2,1H3,(H,12,14). The molecule has 2 amide bonds. The van der Waals surface area contributed by atoms with Crippen LogP contribution in [0, 0.1) is 6.92 Å². The van der Waals surface area contributed by atoms with Gasteiger partial charge in [0.2, 0.25) is 0 Å². The molecule has 0 radical (unpaired) electrons. The third-order valence-corrected chi connectivity index (χ3v) is 3.18. The van der Waals surface area contributed by atoms with Crippen molar-refractivity contribution in [1.29, 1.82) is 0 Å². The van der Waals surface area contributed by atoms with Gasteiger partial charge in [0.05, 0.1) is 0 Å². The van der Waals surface area contributed by atoms with Crippen LogP contribution in [0.3, 0.4) is 0 Å². The fourth-order valence-electron chi connectivity index (χ4n) is 1.47. The summed E-state index contributed by atoms with van der Waals surface area (Å²) in [7, 11) is 0. The molecule has 0 spiro atoms. The number of anilines is 1. The summed E-state index contributed by atoms with van der Waals surface area (Å²) in [5.74, 6) is 0. The second-order valence-corrected chi connectivity index (χ2v) is 4.17. The summed E-state index contributed by atoms with van der Waals surface area (Å²) in [4.78, 5) is 13.1. The highest BCUT2D eigenvalue weighted by atomic mass is 79.9. The smallest absolute Gasteiger partial charge is 0.321 e. The number of halogens is 1. The topological polar surface area (TPSA) is 32.3 Å². The maximum atomic E-state index is 11.4. The molecule has 0 aromatic heterocycles. The zero-order valence-electron chi connectivity index (χ0n) is 7.88. The van der Waals surface area contributed by atoms with Crippen LogP contribution in [0.15, 0.2) is 22.7 Å². The van der Waals surface area contributed by atoms with E-state index in [0.717, 1.165) is 23.2 Å². The molecule has 1 fully saturated rings. The third kappa shape index (κ3) is 1.62. The van der Waals surface area contributed by atoms with Crippen molar-refractivity contribution in [2.24, 2.45) is 0 Å². The van der Waals surface area contributed by atoms with Gasteiger partial charge in [0.1, 0.15) is 0 Å². The van der Waals surface area contributed by atoms with Gasteiger partial charge in [0, 0.05) is 23.2 Å². The molecule has 0 aliphatic carbocycles. The van der Waals surface area contributed by atoms with Gasteiger partial charge in [-0.25, -0.2) is 4.79 Å². The normalized spacial score (nSPS) is 15.9. The molecule has 3 nitrogen and oxygen atoms in total. The molecule has 1 heterocycles. The second kappa shape index (κ2) is 3.61. The zero-order chi connectivity index (χ0) is 10.1. The SMILES string of the molecule is Cc1ccc(N2CCNC2=O)cc1Br. The van der Waals surface area contributed by atoms with Gasteiger partial charge in [-0.1, -0.05) is 22.0 Å². The largest absolute Gasteiger partial charge is 0.336 e. The van der Waals surface area contributed by atoms with E-state index in [-0.39, 0.29) is 6.03 Å². The quantitative estimate of drug-likeness (QED) is 0.820. The third-order valence-electron chi connectivity index (χ3n) is 2.32. The van der Waals surface area contributed by atoms with Crippen molar-refractivity contribution in [2.45, 2.75) is 6.92 Å². The number of nitrogens with zero attached hydrogens (tertiary/aromatic N) is 1. The van der Waals surface area contributed by atoms with Gasteiger partial charge in [-0.2, -0.15) is 0 Å². The van der Waals surface area contributed by atoms with Crippen molar-refractivity contribution < 1.29 is 4.79 Å². The van der Waals surface area contributed by atoms with Crippen molar-refractivity contribution in [3.63, 3.8) is 0 Å². The van der Waals surface area contributed by atoms with Crippen molar-refractivity contribution >= 4 is 27.6 Å². The van der Waals surface area contributed by atoms with Crippen molar-refractivity contribution in [3.8, 4) is 0 Å². The van der Waals surface area contributed by atoms with Gasteiger partial charge in [-0.3, -0.25) is 4.90 Å². The first-order chi connectivity index (χ1) is 6.68. The highest BCUT2D eigenvalue weighted by Gasteiger charge is 2.21. The van der Waals surface area contributed by atoms with Crippen LogP contribution >= 0.6 is 15.9 Å². The molecule has 0 unspecified atom stereocenters. The molecular weight excluding hydrogens is 244 g/mol. The lowest BCUT2D eigenvalue weighted by Crippen LogP contribution is -2.27. The summed E-state index contributed by atoms with van der Waals surface area (Å²) in [6.45, 7) is 3.50. The number of nitrogens with one attached hydrogen (secondary N) is 1. The minimum Gasteiger partial charge on any atom is -0.336 e. The number of amides is 2. The molecule has 0 bridgehead atoms. The fraction of sp³-hybridized carbons (Fsp3) is 0.300. The number of hydrogen-bond donors (Lipinski definition) is 1. The van der Waals surface area contributed by atoms with Gasteiger partial charge in [-0.15, -0.1) is 0 Å². The van der Waals surface area contributed by atoms with E-state index in [4.69, 9.17) is 0 Å². The fourth-order valence-corrected chi connectivity index (χ4v) is 1.83. The molecule has 14 heavy (non-hydrogen) atoms. The summed E-state index contributed by atoms with van der Waals surface area (Å²) in [5, 5.41) is 2.77. The number of urea groups is 1. The monoisotopic (exact) mass is 254 g/mol. The van der Waals surface area contributed by atoms with E-state index in [0.29, 0.717) is 0 Å². The molecule has 1 saturated heterocycles. The molecule has 1 aromatic carbocycles. The number of benzene rings is 1. The van der Waals surface area contributed by atoms with E-state index in [9.17, 15) is 4.79 Å². The highest BCUT2D eigenvalue weighted by molar-refractivity contribution is 9.10. The Balaban J connectivity index is 2.32. The predicted octanol–water partition coefficient (Wildman–Crippen LogP) is 2.29. The van der Waals surface area contributed by atoms with Crippen LogP contribution in [-0.4, -0.2) is 19.1 Å². The van der Waals surface area contributed by atoms with Crippen LogP contribution in [0.4, 0.5) is 10.5 Å². The highest BCUT2D eigenvalue weighted by Crippen LogP contribution is 2.24. The van der Waals surface area contributed by atoms with Crippen LogP contribution in [-0.2, 0) is 0 Å². The van der Waals surface area contributed by atoms with Gasteiger partial charge in [0.15, 0.2) is 0 Å². The summed E-state index contributed by atoms with van der Waals surface area (Å²) < 4.78 is 1.04. The zero-order valence-corrected chi connectivity index (χ0v) is 9.47. The number of carbonyl (C=O) groups excluding carboxylic acids is 1. The molecular formula is C10H11BrN2O. The van der Waals surface area contributed by atoms with E-state index < -0.39 is 0 Å². The Morgan fingerprint density at radius 3 is 2.86 bits per heavy atom. The molecule has 0 saturated carbocycles. The Hall–Kier alpha value is -1.03. The molecule has 1 N–H and O–H groups in total. The van der Waals surface area contributed by atoms with E-state index in [1.165, 1.54) is 5.56 Å². The van der Waals surface area contributed by atoms with Crippen LogP contribution in [0.1, 0.15) is 5.56 Å². The first-order valence-electron chi connectivity index (χ1n) is 4.50. The maximum absolute atomic E-state index is 11.4. The van der Waals surface area contributed by atoms with Gasteiger partial charge >= 0.3 is 6.03 Å². The van der Waals surface area contributed by atoms with E-state index in [1.807, 2.05) is 25.1 Å². The second-order valence-electron chi connectivity index (χ2n) is 3.32.